The van der Waals surface area contributed by atoms with Crippen LogP contribution in [0.4, 0.5) is 0 Å². The number of benzene rings is 1. The molecular formula is C18H23N3O2. The van der Waals surface area contributed by atoms with Crippen molar-refractivity contribution in [2.45, 2.75) is 45.6 Å². The molecule has 1 aromatic carbocycles. The molecule has 0 aliphatic rings. The predicted molar refractivity (Wildman–Crippen MR) is 89.5 cm³/mol. The third-order valence-electron chi connectivity index (χ3n) is 3.48. The van der Waals surface area contributed by atoms with Crippen LogP contribution in [0.15, 0.2) is 36.7 Å². The summed E-state index contributed by atoms with van der Waals surface area (Å²) in [5.74, 6) is 1.00. The number of amides is 1. The van der Waals surface area contributed by atoms with Crippen molar-refractivity contribution in [1.29, 1.82) is 0 Å². The molecule has 2 N–H and O–H groups in total. The molecule has 1 aromatic heterocycles. The van der Waals surface area contributed by atoms with Crippen LogP contribution in [-0.4, -0.2) is 26.5 Å². The van der Waals surface area contributed by atoms with E-state index in [9.17, 15) is 9.90 Å². The highest BCUT2D eigenvalue weighted by atomic mass is 16.3. The molecule has 2 rings (SSSR count). The van der Waals surface area contributed by atoms with E-state index in [0.717, 1.165) is 11.4 Å². The highest BCUT2D eigenvalue weighted by molar-refractivity contribution is 5.94. The molecular weight excluding hydrogens is 290 g/mol. The van der Waals surface area contributed by atoms with E-state index in [0.29, 0.717) is 12.0 Å². The van der Waals surface area contributed by atoms with E-state index in [-0.39, 0.29) is 17.6 Å². The molecule has 0 aliphatic carbocycles. The van der Waals surface area contributed by atoms with Gasteiger partial charge in [0, 0.05) is 23.9 Å². The van der Waals surface area contributed by atoms with Gasteiger partial charge in [-0.25, -0.2) is 9.97 Å². The summed E-state index contributed by atoms with van der Waals surface area (Å²) in [6, 6.07) is 6.99. The lowest BCUT2D eigenvalue weighted by atomic mass is 9.94. The summed E-state index contributed by atoms with van der Waals surface area (Å²) in [4.78, 5) is 20.8. The minimum absolute atomic E-state index is 0.191. The number of hydrogen-bond acceptors (Lipinski definition) is 4. The Morgan fingerprint density at radius 2 is 1.74 bits per heavy atom. The molecule has 0 aliphatic heterocycles. The number of phenols is 1. The van der Waals surface area contributed by atoms with Crippen molar-refractivity contribution in [1.82, 2.24) is 15.3 Å². The Labute approximate surface area is 136 Å². The lowest BCUT2D eigenvalue weighted by molar-refractivity contribution is 0.0912. The number of nitrogens with one attached hydrogen (secondary N) is 1. The molecule has 0 spiro atoms. The topological polar surface area (TPSA) is 75.1 Å². The number of aromatic hydroxyl groups is 1. The van der Waals surface area contributed by atoms with E-state index in [4.69, 9.17) is 0 Å². The summed E-state index contributed by atoms with van der Waals surface area (Å²) in [5, 5.41) is 12.3. The van der Waals surface area contributed by atoms with Crippen molar-refractivity contribution in [3.05, 3.63) is 53.6 Å². The standard InChI is InChI=1S/C18H23N3O2/c1-12(2)16-19-10-14(11-20-16)17(23)21-18(3,4)9-13-5-7-15(22)8-6-13/h5-8,10-12,22H,9H2,1-4H3,(H,21,23). The average molecular weight is 313 g/mol. The van der Waals surface area contributed by atoms with E-state index in [1.54, 1.807) is 24.5 Å². The van der Waals surface area contributed by atoms with E-state index < -0.39 is 5.54 Å². The molecule has 1 heterocycles. The summed E-state index contributed by atoms with van der Waals surface area (Å²) in [7, 11) is 0. The van der Waals surface area contributed by atoms with Gasteiger partial charge in [0.2, 0.25) is 0 Å². The van der Waals surface area contributed by atoms with Gasteiger partial charge in [0.1, 0.15) is 11.6 Å². The lowest BCUT2D eigenvalue weighted by Gasteiger charge is -2.26. The molecule has 5 nitrogen and oxygen atoms in total. The minimum atomic E-state index is -0.426. The van der Waals surface area contributed by atoms with E-state index in [1.807, 2.05) is 39.8 Å². The number of carbonyl (C=O) groups is 1. The molecule has 0 fully saturated rings. The molecule has 0 saturated heterocycles. The third-order valence-corrected chi connectivity index (χ3v) is 3.48. The van der Waals surface area contributed by atoms with Crippen LogP contribution in [0.3, 0.4) is 0 Å². The summed E-state index contributed by atoms with van der Waals surface area (Å²) < 4.78 is 0. The number of nitrogens with zero attached hydrogens (tertiary/aromatic N) is 2. The maximum Gasteiger partial charge on any atom is 0.254 e. The average Bonchev–Trinajstić information content (AvgIpc) is 2.49. The fourth-order valence-electron chi connectivity index (χ4n) is 2.30. The van der Waals surface area contributed by atoms with Crippen LogP contribution in [-0.2, 0) is 6.42 Å². The second-order valence-electron chi connectivity index (χ2n) is 6.67. The van der Waals surface area contributed by atoms with Crippen LogP contribution >= 0.6 is 0 Å². The van der Waals surface area contributed by atoms with Gasteiger partial charge in [-0.05, 0) is 38.0 Å². The molecule has 0 bridgehead atoms. The largest absolute Gasteiger partial charge is 0.508 e. The van der Waals surface area contributed by atoms with Crippen molar-refractivity contribution in [2.24, 2.45) is 0 Å². The molecule has 2 aromatic rings. The highest BCUT2D eigenvalue weighted by Gasteiger charge is 2.22. The zero-order valence-electron chi connectivity index (χ0n) is 14.0. The number of hydrogen-bond donors (Lipinski definition) is 2. The second-order valence-corrected chi connectivity index (χ2v) is 6.67. The van der Waals surface area contributed by atoms with Gasteiger partial charge in [-0.1, -0.05) is 26.0 Å². The molecule has 0 radical (unpaired) electrons. The summed E-state index contributed by atoms with van der Waals surface area (Å²) in [5.41, 5.74) is 1.07. The van der Waals surface area contributed by atoms with Gasteiger partial charge >= 0.3 is 0 Å². The van der Waals surface area contributed by atoms with Crippen molar-refractivity contribution < 1.29 is 9.90 Å². The number of phenolic OH excluding ortho intramolecular Hbond substituents is 1. The summed E-state index contributed by atoms with van der Waals surface area (Å²) in [6.07, 6.45) is 3.78. The van der Waals surface area contributed by atoms with Crippen molar-refractivity contribution in [2.75, 3.05) is 0 Å². The third kappa shape index (κ3) is 4.77. The normalized spacial score (nSPS) is 11.5. The van der Waals surface area contributed by atoms with Crippen LogP contribution in [0, 0.1) is 0 Å². The van der Waals surface area contributed by atoms with Gasteiger partial charge in [0.05, 0.1) is 5.56 Å². The Bertz CT molecular complexity index is 662. The Kier molecular flexibility index (Phi) is 4.98. The van der Waals surface area contributed by atoms with Gasteiger partial charge < -0.3 is 10.4 Å². The lowest BCUT2D eigenvalue weighted by Crippen LogP contribution is -2.45. The van der Waals surface area contributed by atoms with Crippen molar-refractivity contribution in [3.63, 3.8) is 0 Å². The van der Waals surface area contributed by atoms with Crippen LogP contribution in [0.2, 0.25) is 0 Å². The zero-order valence-corrected chi connectivity index (χ0v) is 14.0. The Morgan fingerprint density at radius 1 is 1.17 bits per heavy atom. The first kappa shape index (κ1) is 16.9. The smallest absolute Gasteiger partial charge is 0.254 e. The Balaban J connectivity index is 2.03. The summed E-state index contributed by atoms with van der Waals surface area (Å²) in [6.45, 7) is 7.94. The first-order valence-corrected chi connectivity index (χ1v) is 7.69. The maximum atomic E-state index is 12.4. The van der Waals surface area contributed by atoms with Gasteiger partial charge in [-0.3, -0.25) is 4.79 Å². The fourth-order valence-corrected chi connectivity index (χ4v) is 2.30. The molecule has 5 heteroatoms. The molecule has 0 atom stereocenters. The van der Waals surface area contributed by atoms with Crippen LogP contribution in [0.25, 0.3) is 0 Å². The first-order chi connectivity index (χ1) is 10.8. The molecule has 0 saturated carbocycles. The second kappa shape index (κ2) is 6.77. The molecule has 0 unspecified atom stereocenters. The fraction of sp³-hybridized carbons (Fsp3) is 0.389. The Morgan fingerprint density at radius 3 is 2.26 bits per heavy atom. The van der Waals surface area contributed by atoms with Crippen molar-refractivity contribution >= 4 is 5.91 Å². The van der Waals surface area contributed by atoms with E-state index in [1.165, 1.54) is 0 Å². The van der Waals surface area contributed by atoms with Gasteiger partial charge in [0.25, 0.3) is 5.91 Å². The monoisotopic (exact) mass is 313 g/mol. The van der Waals surface area contributed by atoms with Crippen LogP contribution in [0.5, 0.6) is 5.75 Å². The number of carbonyl (C=O) groups excluding carboxylic acids is 1. The number of rotatable bonds is 5. The number of aromatic nitrogens is 2. The maximum absolute atomic E-state index is 12.4. The summed E-state index contributed by atoms with van der Waals surface area (Å²) >= 11 is 0. The first-order valence-electron chi connectivity index (χ1n) is 7.69. The SMILES string of the molecule is CC(C)c1ncc(C(=O)NC(C)(C)Cc2ccc(O)cc2)cn1. The van der Waals surface area contributed by atoms with Gasteiger partial charge in [0.15, 0.2) is 0 Å². The zero-order chi connectivity index (χ0) is 17.0. The highest BCUT2D eigenvalue weighted by Crippen LogP contribution is 2.17. The predicted octanol–water partition coefficient (Wildman–Crippen LogP) is 3.06. The van der Waals surface area contributed by atoms with Gasteiger partial charge in [-0.15, -0.1) is 0 Å². The van der Waals surface area contributed by atoms with E-state index in [2.05, 4.69) is 15.3 Å². The molecule has 1 amide bonds. The van der Waals surface area contributed by atoms with E-state index >= 15 is 0 Å². The van der Waals surface area contributed by atoms with Crippen LogP contribution < -0.4 is 5.32 Å². The van der Waals surface area contributed by atoms with Crippen LogP contribution in [0.1, 0.15) is 55.4 Å². The Hall–Kier alpha value is -2.43. The quantitative estimate of drug-likeness (QED) is 0.889. The molecule has 23 heavy (non-hydrogen) atoms. The molecule has 122 valence electrons. The van der Waals surface area contributed by atoms with Crippen molar-refractivity contribution in [3.8, 4) is 5.75 Å². The van der Waals surface area contributed by atoms with Gasteiger partial charge in [-0.2, -0.15) is 0 Å². The minimum Gasteiger partial charge on any atom is -0.508 e.